The van der Waals surface area contributed by atoms with Crippen molar-refractivity contribution in [3.8, 4) is 5.75 Å². The van der Waals surface area contributed by atoms with Crippen LogP contribution in [0.5, 0.6) is 5.75 Å². The second kappa shape index (κ2) is 13.7. The third kappa shape index (κ3) is 8.97. The Hall–Kier alpha value is -4.71. The molecule has 39 heavy (non-hydrogen) atoms. The predicted molar refractivity (Wildman–Crippen MR) is 141 cm³/mol. The Labute approximate surface area is 225 Å². The molecule has 0 saturated carbocycles. The summed E-state index contributed by atoms with van der Waals surface area (Å²) in [7, 11) is 0. The summed E-state index contributed by atoms with van der Waals surface area (Å²) in [4.78, 5) is 57.4. The lowest BCUT2D eigenvalue weighted by molar-refractivity contribution is -0.141. The maximum absolute atomic E-state index is 13.5. The van der Waals surface area contributed by atoms with E-state index in [0.29, 0.717) is 11.3 Å². The molecule has 1 aromatic heterocycles. The quantitative estimate of drug-likeness (QED) is 0.159. The summed E-state index contributed by atoms with van der Waals surface area (Å²) < 4.78 is 0. The Morgan fingerprint density at radius 2 is 1.44 bits per heavy atom. The van der Waals surface area contributed by atoms with Crippen molar-refractivity contribution in [3.05, 3.63) is 83.9 Å². The zero-order valence-corrected chi connectivity index (χ0v) is 21.3. The van der Waals surface area contributed by atoms with E-state index < -0.39 is 47.9 Å². The molecular weight excluding hydrogens is 504 g/mol. The Bertz CT molecular complexity index is 1250. The molecule has 206 valence electrons. The van der Waals surface area contributed by atoms with Crippen LogP contribution >= 0.6 is 0 Å². The van der Waals surface area contributed by atoms with E-state index >= 15 is 0 Å². The first-order chi connectivity index (χ1) is 18.6. The Morgan fingerprint density at radius 3 is 2.05 bits per heavy atom. The molecule has 0 radical (unpaired) electrons. The number of nitrogens with two attached hydrogens (primary N) is 1. The molecule has 4 atom stereocenters. The van der Waals surface area contributed by atoms with Gasteiger partial charge in [0, 0.05) is 24.7 Å². The minimum atomic E-state index is -1.24. The summed E-state index contributed by atoms with van der Waals surface area (Å²) in [5, 5.41) is 26.5. The Kier molecular flexibility index (Phi) is 10.2. The van der Waals surface area contributed by atoms with E-state index in [1.807, 2.05) is 30.3 Å². The van der Waals surface area contributed by atoms with Gasteiger partial charge in [0.25, 0.3) is 0 Å². The number of carboxylic acids is 1. The lowest BCUT2D eigenvalue weighted by Crippen LogP contribution is -2.58. The number of nitrogens with one attached hydrogen (secondary N) is 4. The number of aromatic nitrogens is 2. The van der Waals surface area contributed by atoms with Crippen LogP contribution in [0.25, 0.3) is 0 Å². The maximum Gasteiger partial charge on any atom is 0.325 e. The van der Waals surface area contributed by atoms with Crippen LogP contribution in [0.15, 0.2) is 67.1 Å². The number of aromatic amines is 1. The number of carbonyl (C=O) groups is 4. The summed E-state index contributed by atoms with van der Waals surface area (Å²) in [6, 6.07) is 10.9. The van der Waals surface area contributed by atoms with Gasteiger partial charge in [-0.3, -0.25) is 19.2 Å². The van der Waals surface area contributed by atoms with Gasteiger partial charge in [-0.05, 0) is 36.6 Å². The van der Waals surface area contributed by atoms with Gasteiger partial charge in [-0.1, -0.05) is 42.5 Å². The summed E-state index contributed by atoms with van der Waals surface area (Å²) >= 11 is 0. The van der Waals surface area contributed by atoms with Crippen LogP contribution in [0.1, 0.15) is 23.7 Å². The lowest BCUT2D eigenvalue weighted by atomic mass is 10.0. The molecule has 1 heterocycles. The van der Waals surface area contributed by atoms with E-state index in [4.69, 9.17) is 5.73 Å². The highest BCUT2D eigenvalue weighted by atomic mass is 16.4. The van der Waals surface area contributed by atoms with E-state index in [-0.39, 0.29) is 25.0 Å². The molecule has 2 aromatic carbocycles. The topological polar surface area (TPSA) is 200 Å². The van der Waals surface area contributed by atoms with Crippen molar-refractivity contribution in [2.45, 2.75) is 50.4 Å². The minimum absolute atomic E-state index is 0.00267. The van der Waals surface area contributed by atoms with Crippen LogP contribution in [-0.4, -0.2) is 68.0 Å². The highest BCUT2D eigenvalue weighted by Gasteiger charge is 2.30. The first kappa shape index (κ1) is 28.9. The van der Waals surface area contributed by atoms with Crippen LogP contribution in [0, 0.1) is 0 Å². The van der Waals surface area contributed by atoms with Crippen LogP contribution in [-0.2, 0) is 38.4 Å². The molecule has 0 saturated heterocycles. The molecule has 0 aliphatic rings. The Morgan fingerprint density at radius 1 is 0.846 bits per heavy atom. The highest BCUT2D eigenvalue weighted by Crippen LogP contribution is 2.12. The molecule has 3 aromatic rings. The number of carboxylic acid groups (broad SMARTS) is 1. The smallest absolute Gasteiger partial charge is 0.325 e. The zero-order chi connectivity index (χ0) is 28.4. The third-order valence-electron chi connectivity index (χ3n) is 5.99. The molecule has 3 amide bonds. The average Bonchev–Trinajstić information content (AvgIpc) is 3.42. The van der Waals surface area contributed by atoms with Crippen LogP contribution in [0.4, 0.5) is 0 Å². The molecule has 0 aliphatic heterocycles. The number of carbonyl (C=O) groups excluding carboxylic acids is 3. The number of phenolic OH excluding ortho intramolecular Hbond substituents is 1. The number of imidazole rings is 1. The van der Waals surface area contributed by atoms with Gasteiger partial charge in [-0.15, -0.1) is 0 Å². The number of nitrogens with zero attached hydrogens (tertiary/aromatic N) is 1. The summed E-state index contributed by atoms with van der Waals surface area (Å²) in [6.07, 6.45) is 3.18. The number of aromatic hydroxyl groups is 1. The predicted octanol–water partition coefficient (Wildman–Crippen LogP) is 0.0294. The van der Waals surface area contributed by atoms with Crippen molar-refractivity contribution in [2.24, 2.45) is 5.73 Å². The number of rotatable bonds is 13. The number of aliphatic carboxylic acids is 1. The number of amides is 3. The molecule has 4 unspecified atom stereocenters. The summed E-state index contributed by atoms with van der Waals surface area (Å²) in [5.41, 5.74) is 8.14. The lowest BCUT2D eigenvalue weighted by Gasteiger charge is -2.25. The molecule has 3 rings (SSSR count). The van der Waals surface area contributed by atoms with Crippen molar-refractivity contribution in [1.29, 1.82) is 0 Å². The second-order valence-electron chi connectivity index (χ2n) is 9.14. The van der Waals surface area contributed by atoms with Gasteiger partial charge in [0.15, 0.2) is 0 Å². The summed E-state index contributed by atoms with van der Waals surface area (Å²) in [6.45, 7) is 1.30. The molecule has 0 aliphatic carbocycles. The van der Waals surface area contributed by atoms with Gasteiger partial charge in [0.05, 0.1) is 12.4 Å². The zero-order valence-electron chi connectivity index (χ0n) is 21.3. The number of benzene rings is 2. The summed E-state index contributed by atoms with van der Waals surface area (Å²) in [5.74, 6) is -3.15. The fourth-order valence-corrected chi connectivity index (χ4v) is 3.79. The fraction of sp³-hybridized carbons (Fsp3) is 0.296. The van der Waals surface area contributed by atoms with E-state index in [1.54, 1.807) is 12.1 Å². The van der Waals surface area contributed by atoms with Gasteiger partial charge in [-0.2, -0.15) is 0 Å². The molecule has 8 N–H and O–H groups in total. The van der Waals surface area contributed by atoms with Crippen molar-refractivity contribution in [3.63, 3.8) is 0 Å². The number of phenols is 1. The second-order valence-corrected chi connectivity index (χ2v) is 9.14. The van der Waals surface area contributed by atoms with E-state index in [1.165, 1.54) is 31.6 Å². The first-order valence-electron chi connectivity index (χ1n) is 12.3. The Balaban J connectivity index is 1.79. The monoisotopic (exact) mass is 536 g/mol. The molecule has 0 spiro atoms. The van der Waals surface area contributed by atoms with Gasteiger partial charge in [0.2, 0.25) is 17.7 Å². The largest absolute Gasteiger partial charge is 0.508 e. The van der Waals surface area contributed by atoms with Gasteiger partial charge in [-0.25, -0.2) is 4.98 Å². The molecule has 12 nitrogen and oxygen atoms in total. The normalized spacial score (nSPS) is 13.9. The number of hydrogen-bond donors (Lipinski definition) is 7. The van der Waals surface area contributed by atoms with E-state index in [2.05, 4.69) is 25.9 Å². The highest BCUT2D eigenvalue weighted by molar-refractivity contribution is 5.94. The SMILES string of the molecule is CC(NC(=O)C(Cc1cnc[nH]1)NC(=O)C(Cc1ccc(O)cc1)NC(=O)C(N)Cc1ccccc1)C(=O)O. The fourth-order valence-electron chi connectivity index (χ4n) is 3.79. The van der Waals surface area contributed by atoms with Crippen molar-refractivity contribution in [2.75, 3.05) is 0 Å². The average molecular weight is 537 g/mol. The van der Waals surface area contributed by atoms with Crippen molar-refractivity contribution in [1.82, 2.24) is 25.9 Å². The standard InChI is InChI=1S/C27H32N6O6/c1-16(27(38)39)31-25(36)23(13-19-14-29-15-30-19)33-26(37)22(12-18-7-9-20(34)10-8-18)32-24(35)21(28)11-17-5-3-2-4-6-17/h2-10,14-16,21-23,34H,11-13,28H2,1H3,(H,29,30)(H,31,36)(H,32,35)(H,33,37)(H,38,39). The van der Waals surface area contributed by atoms with Crippen LogP contribution < -0.4 is 21.7 Å². The maximum atomic E-state index is 13.5. The molecule has 0 fully saturated rings. The minimum Gasteiger partial charge on any atom is -0.508 e. The molecule has 12 heteroatoms. The van der Waals surface area contributed by atoms with Gasteiger partial charge < -0.3 is 36.9 Å². The van der Waals surface area contributed by atoms with Crippen LogP contribution in [0.2, 0.25) is 0 Å². The van der Waals surface area contributed by atoms with Gasteiger partial charge in [0.1, 0.15) is 23.9 Å². The third-order valence-corrected chi connectivity index (χ3v) is 5.99. The van der Waals surface area contributed by atoms with E-state index in [9.17, 15) is 29.4 Å². The number of H-pyrrole nitrogens is 1. The van der Waals surface area contributed by atoms with Crippen LogP contribution in [0.3, 0.4) is 0 Å². The van der Waals surface area contributed by atoms with Gasteiger partial charge >= 0.3 is 5.97 Å². The molecule has 0 bridgehead atoms. The number of hydrogen-bond acceptors (Lipinski definition) is 7. The first-order valence-corrected chi connectivity index (χ1v) is 12.3. The molecular formula is C27H32N6O6. The van der Waals surface area contributed by atoms with E-state index in [0.717, 1.165) is 5.56 Å². The van der Waals surface area contributed by atoms with Crippen molar-refractivity contribution < 1.29 is 29.4 Å². The van der Waals surface area contributed by atoms with Crippen molar-refractivity contribution >= 4 is 23.7 Å².